The number of imidazole rings is 1. The number of benzene rings is 1. The number of hydrogen-bond donors (Lipinski definition) is 1. The molecule has 1 aromatic carbocycles. The average molecular weight is 447 g/mol. The molecule has 164 valence electrons. The van der Waals surface area contributed by atoms with Crippen LogP contribution in [-0.4, -0.2) is 19.6 Å². The second kappa shape index (κ2) is 8.01. The summed E-state index contributed by atoms with van der Waals surface area (Å²) in [6, 6.07) is 18.2. The molecular weight excluding hydrogens is 429 g/mol. The van der Waals surface area contributed by atoms with E-state index in [4.69, 9.17) is 5.73 Å². The van der Waals surface area contributed by atoms with Crippen LogP contribution in [0.5, 0.6) is 0 Å². The lowest BCUT2D eigenvalue weighted by molar-refractivity contribution is -0.688. The molecule has 0 spiro atoms. The molecule has 5 rings (SSSR count). The summed E-state index contributed by atoms with van der Waals surface area (Å²) in [4.78, 5) is 8.08. The molecule has 0 saturated carbocycles. The molecule has 0 bridgehead atoms. The van der Waals surface area contributed by atoms with Crippen molar-refractivity contribution in [2.24, 2.45) is 0 Å². The third-order valence-electron chi connectivity index (χ3n) is 5.27. The minimum absolute atomic E-state index is 0.216. The molecule has 0 atom stereocenters. The Kier molecular flexibility index (Phi) is 5.01. The number of nitrogens with zero attached hydrogens (tertiary/aromatic N) is 5. The minimum Gasteiger partial charge on any atom is -0.383 e. The summed E-state index contributed by atoms with van der Waals surface area (Å²) in [5, 5.41) is 4.53. The molecular formula is C24H18F3N6+. The highest BCUT2D eigenvalue weighted by Crippen LogP contribution is 2.35. The lowest BCUT2D eigenvalue weighted by Crippen LogP contribution is -2.32. The molecule has 0 amide bonds. The van der Waals surface area contributed by atoms with Crippen LogP contribution in [0.4, 0.5) is 19.0 Å². The molecule has 4 heterocycles. The van der Waals surface area contributed by atoms with Crippen LogP contribution < -0.4 is 10.3 Å². The highest BCUT2D eigenvalue weighted by molar-refractivity contribution is 5.67. The molecule has 6 nitrogen and oxygen atoms in total. The lowest BCUT2D eigenvalue weighted by Gasteiger charge is -2.11. The molecule has 0 fully saturated rings. The van der Waals surface area contributed by atoms with Crippen molar-refractivity contribution in [3.05, 3.63) is 96.6 Å². The summed E-state index contributed by atoms with van der Waals surface area (Å²) in [7, 11) is 0. The van der Waals surface area contributed by atoms with Crippen LogP contribution in [-0.2, 0) is 12.7 Å². The van der Waals surface area contributed by atoms with Gasteiger partial charge < -0.3 is 5.73 Å². The first kappa shape index (κ1) is 20.6. The Bertz CT molecular complexity index is 1430. The number of alkyl halides is 3. The molecule has 2 N–H and O–H groups in total. The van der Waals surface area contributed by atoms with Crippen LogP contribution in [0.3, 0.4) is 0 Å². The Morgan fingerprint density at radius 3 is 2.36 bits per heavy atom. The van der Waals surface area contributed by atoms with Crippen molar-refractivity contribution >= 4 is 11.5 Å². The predicted molar refractivity (Wildman–Crippen MR) is 117 cm³/mol. The van der Waals surface area contributed by atoms with Crippen molar-refractivity contribution in [3.8, 4) is 22.5 Å². The second-order valence-corrected chi connectivity index (χ2v) is 7.53. The zero-order chi connectivity index (χ0) is 23.0. The second-order valence-electron chi connectivity index (χ2n) is 7.53. The van der Waals surface area contributed by atoms with Crippen molar-refractivity contribution in [1.82, 2.24) is 19.6 Å². The highest BCUT2D eigenvalue weighted by atomic mass is 19.4. The molecule has 0 aliphatic carbocycles. The van der Waals surface area contributed by atoms with Crippen molar-refractivity contribution < 1.29 is 17.7 Å². The van der Waals surface area contributed by atoms with E-state index in [1.165, 1.54) is 6.20 Å². The Labute approximate surface area is 186 Å². The van der Waals surface area contributed by atoms with Gasteiger partial charge in [-0.15, -0.1) is 0 Å². The Morgan fingerprint density at radius 1 is 0.879 bits per heavy atom. The smallest absolute Gasteiger partial charge is 0.383 e. The average Bonchev–Trinajstić information content (AvgIpc) is 3.23. The predicted octanol–water partition coefficient (Wildman–Crippen LogP) is 4.40. The van der Waals surface area contributed by atoms with Crippen LogP contribution in [0.1, 0.15) is 11.1 Å². The fourth-order valence-corrected chi connectivity index (χ4v) is 3.60. The van der Waals surface area contributed by atoms with E-state index in [1.54, 1.807) is 22.8 Å². The molecule has 5 aromatic rings. The van der Waals surface area contributed by atoms with Crippen LogP contribution in [0.15, 0.2) is 85.5 Å². The van der Waals surface area contributed by atoms with Crippen LogP contribution in [0.25, 0.3) is 28.2 Å². The molecule has 0 radical (unpaired) electrons. The zero-order valence-corrected chi connectivity index (χ0v) is 17.2. The number of aromatic nitrogens is 5. The maximum Gasteiger partial charge on any atom is 0.419 e. The van der Waals surface area contributed by atoms with E-state index in [1.807, 2.05) is 54.9 Å². The fraction of sp³-hybridized carbons (Fsp3) is 0.0833. The molecule has 33 heavy (non-hydrogen) atoms. The third kappa shape index (κ3) is 4.12. The van der Waals surface area contributed by atoms with Crippen molar-refractivity contribution in [2.75, 3.05) is 5.73 Å². The normalized spacial score (nSPS) is 11.7. The van der Waals surface area contributed by atoms with E-state index >= 15 is 0 Å². The van der Waals surface area contributed by atoms with Gasteiger partial charge in [-0.3, -0.25) is 0 Å². The third-order valence-corrected chi connectivity index (χ3v) is 5.27. The summed E-state index contributed by atoms with van der Waals surface area (Å²) in [6.45, 7) is 0.738. The van der Waals surface area contributed by atoms with Crippen molar-refractivity contribution in [2.45, 2.75) is 12.7 Å². The number of anilines is 1. The molecule has 4 aromatic heterocycles. The summed E-state index contributed by atoms with van der Waals surface area (Å²) in [5.74, 6) is -0.565. The summed E-state index contributed by atoms with van der Waals surface area (Å²) in [6.07, 6.45) is 2.37. The van der Waals surface area contributed by atoms with Crippen LogP contribution >= 0.6 is 0 Å². The number of rotatable bonds is 4. The van der Waals surface area contributed by atoms with Crippen LogP contribution in [0, 0.1) is 0 Å². The molecule has 0 saturated heterocycles. The number of fused-ring (bicyclic) bond motifs is 1. The first-order chi connectivity index (χ1) is 15.9. The van der Waals surface area contributed by atoms with Gasteiger partial charge in [-0.2, -0.15) is 18.3 Å². The van der Waals surface area contributed by atoms with Gasteiger partial charge in [0.1, 0.15) is 5.82 Å². The summed E-state index contributed by atoms with van der Waals surface area (Å²) in [5.41, 5.74) is 8.31. The van der Waals surface area contributed by atoms with Gasteiger partial charge in [-0.1, -0.05) is 30.3 Å². The highest BCUT2D eigenvalue weighted by Gasteiger charge is 2.34. The SMILES string of the molecule is Nc1ncc(-c2ccc3ncc(-c4ccc(C[n+]5ccccc5)cc4)n3n2)cc1C(F)(F)F. The van der Waals surface area contributed by atoms with Gasteiger partial charge in [0.2, 0.25) is 0 Å². The summed E-state index contributed by atoms with van der Waals surface area (Å²) < 4.78 is 43.4. The Hall–Kier alpha value is -4.27. The van der Waals surface area contributed by atoms with Gasteiger partial charge in [-0.25, -0.2) is 19.1 Å². The van der Waals surface area contributed by atoms with Gasteiger partial charge in [0.25, 0.3) is 0 Å². The van der Waals surface area contributed by atoms with E-state index in [2.05, 4.69) is 19.6 Å². The quantitative estimate of drug-likeness (QED) is 0.415. The van der Waals surface area contributed by atoms with Gasteiger partial charge >= 0.3 is 6.18 Å². The maximum absolute atomic E-state index is 13.2. The fourth-order valence-electron chi connectivity index (χ4n) is 3.60. The maximum atomic E-state index is 13.2. The van der Waals surface area contributed by atoms with E-state index in [9.17, 15) is 13.2 Å². The minimum atomic E-state index is -4.60. The number of hydrogen-bond acceptors (Lipinski definition) is 4. The molecule has 0 aliphatic heterocycles. The number of nitrogen functional groups attached to an aromatic ring is 1. The Balaban J connectivity index is 1.49. The first-order valence-corrected chi connectivity index (χ1v) is 10.1. The van der Waals surface area contributed by atoms with Crippen molar-refractivity contribution in [1.29, 1.82) is 0 Å². The standard InChI is InChI=1S/C24H18F3N6/c25-24(26,27)19-12-18(13-30-23(19)28)20-8-9-22-29-14-21(33(22)31-20)17-6-4-16(5-7-17)15-32-10-2-1-3-11-32/h1-14H,15H2,(H2,28,30)/q+1. The van der Waals surface area contributed by atoms with Gasteiger partial charge in [-0.05, 0) is 18.2 Å². The summed E-state index contributed by atoms with van der Waals surface area (Å²) >= 11 is 0. The Morgan fingerprint density at radius 2 is 1.64 bits per heavy atom. The largest absolute Gasteiger partial charge is 0.419 e. The van der Waals surface area contributed by atoms with E-state index in [-0.39, 0.29) is 5.56 Å². The van der Waals surface area contributed by atoms with E-state index in [0.29, 0.717) is 11.3 Å². The first-order valence-electron chi connectivity index (χ1n) is 10.1. The number of halogens is 3. The number of pyridine rings is 2. The monoisotopic (exact) mass is 447 g/mol. The van der Waals surface area contributed by atoms with E-state index in [0.717, 1.165) is 29.4 Å². The van der Waals surface area contributed by atoms with Crippen LogP contribution in [0.2, 0.25) is 0 Å². The van der Waals surface area contributed by atoms with Gasteiger partial charge in [0, 0.05) is 35.0 Å². The molecule has 0 aliphatic rings. The van der Waals surface area contributed by atoms with E-state index < -0.39 is 17.6 Å². The topological polar surface area (TPSA) is 73.0 Å². The lowest BCUT2D eigenvalue weighted by atomic mass is 10.1. The zero-order valence-electron chi connectivity index (χ0n) is 17.2. The van der Waals surface area contributed by atoms with Crippen molar-refractivity contribution in [3.63, 3.8) is 0 Å². The van der Waals surface area contributed by atoms with Gasteiger partial charge in [0.05, 0.1) is 23.1 Å². The molecule has 0 unspecified atom stereocenters. The number of nitrogens with two attached hydrogens (primary N) is 1. The van der Waals surface area contributed by atoms with Gasteiger partial charge in [0.15, 0.2) is 24.6 Å². The molecule has 9 heteroatoms.